The van der Waals surface area contributed by atoms with Gasteiger partial charge in [0.1, 0.15) is 12.2 Å². The lowest BCUT2D eigenvalue weighted by Crippen LogP contribution is -2.17. The van der Waals surface area contributed by atoms with Crippen LogP contribution in [-0.2, 0) is 13.6 Å². The molecule has 0 amide bonds. The predicted molar refractivity (Wildman–Crippen MR) is 49.0 cm³/mol. The van der Waals surface area contributed by atoms with Crippen LogP contribution in [0.3, 0.4) is 0 Å². The van der Waals surface area contributed by atoms with E-state index in [0.717, 1.165) is 31.8 Å². The van der Waals surface area contributed by atoms with Crippen molar-refractivity contribution in [2.45, 2.75) is 19.4 Å². The molecule has 0 bridgehead atoms. The van der Waals surface area contributed by atoms with E-state index >= 15 is 0 Å². The van der Waals surface area contributed by atoms with Crippen LogP contribution in [0.2, 0.25) is 0 Å². The maximum Gasteiger partial charge on any atom is 0.146 e. The molecule has 0 spiro atoms. The second-order valence-corrected chi connectivity index (χ2v) is 2.97. The monoisotopic (exact) mass is 184 g/mol. The molecule has 0 fully saturated rings. The van der Waals surface area contributed by atoms with Crippen LogP contribution in [0.15, 0.2) is 6.33 Å². The number of nitrogens with zero attached hydrogens (tertiary/aromatic N) is 3. The van der Waals surface area contributed by atoms with Crippen molar-refractivity contribution in [1.29, 1.82) is 0 Å². The van der Waals surface area contributed by atoms with Crippen LogP contribution in [0.5, 0.6) is 0 Å². The minimum absolute atomic E-state index is 0.269. The molecule has 2 N–H and O–H groups in total. The summed E-state index contributed by atoms with van der Waals surface area (Å²) in [4.78, 5) is 0. The Morgan fingerprint density at radius 1 is 1.54 bits per heavy atom. The van der Waals surface area contributed by atoms with Gasteiger partial charge in [0.25, 0.3) is 0 Å². The summed E-state index contributed by atoms with van der Waals surface area (Å²) < 4.78 is 1.89. The van der Waals surface area contributed by atoms with Gasteiger partial charge in [-0.25, -0.2) is 0 Å². The number of nitrogens with one attached hydrogen (secondary N) is 1. The fourth-order valence-corrected chi connectivity index (χ4v) is 1.03. The Balaban J connectivity index is 2.10. The normalized spacial score (nSPS) is 10.6. The molecule has 0 saturated heterocycles. The van der Waals surface area contributed by atoms with Gasteiger partial charge in [-0.15, -0.1) is 10.2 Å². The Labute approximate surface area is 77.8 Å². The van der Waals surface area contributed by atoms with Gasteiger partial charge in [-0.2, -0.15) is 0 Å². The molecule has 0 aliphatic heterocycles. The SMILES string of the molecule is Cn1cnnc1CNCCCCO. The van der Waals surface area contributed by atoms with Crippen LogP contribution >= 0.6 is 0 Å². The average Bonchev–Trinajstić information content (AvgIpc) is 2.52. The Morgan fingerprint density at radius 3 is 3.00 bits per heavy atom. The van der Waals surface area contributed by atoms with Crippen LogP contribution in [0.25, 0.3) is 0 Å². The maximum atomic E-state index is 8.54. The smallest absolute Gasteiger partial charge is 0.146 e. The van der Waals surface area contributed by atoms with Gasteiger partial charge in [0.2, 0.25) is 0 Å². The first-order chi connectivity index (χ1) is 6.34. The van der Waals surface area contributed by atoms with Gasteiger partial charge in [0.15, 0.2) is 0 Å². The third-order valence-corrected chi connectivity index (χ3v) is 1.85. The lowest BCUT2D eigenvalue weighted by molar-refractivity contribution is 0.283. The fraction of sp³-hybridized carbons (Fsp3) is 0.750. The van der Waals surface area contributed by atoms with Crippen LogP contribution in [0.1, 0.15) is 18.7 Å². The second-order valence-electron chi connectivity index (χ2n) is 2.97. The predicted octanol–water partition coefficient (Wildman–Crippen LogP) is -0.323. The van der Waals surface area contributed by atoms with Crippen molar-refractivity contribution in [3.8, 4) is 0 Å². The number of hydrogen-bond donors (Lipinski definition) is 2. The summed E-state index contributed by atoms with van der Waals surface area (Å²) in [6, 6.07) is 0. The summed E-state index contributed by atoms with van der Waals surface area (Å²) in [6.07, 6.45) is 3.53. The quantitative estimate of drug-likeness (QED) is 0.595. The van der Waals surface area contributed by atoms with E-state index in [0.29, 0.717) is 0 Å². The fourth-order valence-electron chi connectivity index (χ4n) is 1.03. The molecule has 74 valence electrons. The van der Waals surface area contributed by atoms with E-state index in [-0.39, 0.29) is 6.61 Å². The molecule has 0 saturated carbocycles. The van der Waals surface area contributed by atoms with Gasteiger partial charge in [-0.05, 0) is 19.4 Å². The highest BCUT2D eigenvalue weighted by Crippen LogP contribution is 1.90. The number of aliphatic hydroxyl groups is 1. The standard InChI is InChI=1S/C8H16N4O/c1-12-7-10-11-8(12)6-9-4-2-3-5-13/h7,9,13H,2-6H2,1H3. The Hall–Kier alpha value is -0.940. The van der Waals surface area contributed by atoms with E-state index in [4.69, 9.17) is 5.11 Å². The number of aryl methyl sites for hydroxylation is 1. The molecular formula is C8H16N4O. The van der Waals surface area contributed by atoms with E-state index < -0.39 is 0 Å². The van der Waals surface area contributed by atoms with Gasteiger partial charge in [-0.3, -0.25) is 0 Å². The lowest BCUT2D eigenvalue weighted by atomic mass is 10.3. The highest BCUT2D eigenvalue weighted by Gasteiger charge is 1.97. The summed E-state index contributed by atoms with van der Waals surface area (Å²) in [7, 11) is 1.92. The topological polar surface area (TPSA) is 63.0 Å². The molecular weight excluding hydrogens is 168 g/mol. The molecule has 0 aliphatic rings. The van der Waals surface area contributed by atoms with Gasteiger partial charge >= 0.3 is 0 Å². The number of hydrogen-bond acceptors (Lipinski definition) is 4. The molecule has 0 atom stereocenters. The zero-order chi connectivity index (χ0) is 9.52. The van der Waals surface area contributed by atoms with Crippen molar-refractivity contribution < 1.29 is 5.11 Å². The Bertz CT molecular complexity index is 236. The average molecular weight is 184 g/mol. The minimum Gasteiger partial charge on any atom is -0.396 e. The van der Waals surface area contributed by atoms with Crippen LogP contribution in [-0.4, -0.2) is 33.0 Å². The zero-order valence-corrected chi connectivity index (χ0v) is 7.90. The molecule has 13 heavy (non-hydrogen) atoms. The molecule has 1 aromatic rings. The summed E-state index contributed by atoms with van der Waals surface area (Å²) in [5, 5.41) is 19.5. The van der Waals surface area contributed by atoms with E-state index in [2.05, 4.69) is 15.5 Å². The first-order valence-electron chi connectivity index (χ1n) is 4.49. The number of rotatable bonds is 6. The first-order valence-corrected chi connectivity index (χ1v) is 4.49. The Morgan fingerprint density at radius 2 is 2.38 bits per heavy atom. The number of aliphatic hydroxyl groups excluding tert-OH is 1. The Kier molecular flexibility index (Phi) is 4.42. The van der Waals surface area contributed by atoms with Gasteiger partial charge in [0, 0.05) is 13.7 Å². The van der Waals surface area contributed by atoms with E-state index in [1.165, 1.54) is 0 Å². The summed E-state index contributed by atoms with van der Waals surface area (Å²) >= 11 is 0. The van der Waals surface area contributed by atoms with Crippen molar-refractivity contribution >= 4 is 0 Å². The first kappa shape index (κ1) is 10.1. The third-order valence-electron chi connectivity index (χ3n) is 1.85. The van der Waals surface area contributed by atoms with E-state index in [1.807, 2.05) is 11.6 Å². The molecule has 0 aliphatic carbocycles. The molecule has 5 nitrogen and oxygen atoms in total. The van der Waals surface area contributed by atoms with Crippen molar-refractivity contribution in [2.24, 2.45) is 7.05 Å². The lowest BCUT2D eigenvalue weighted by Gasteiger charge is -2.02. The molecule has 1 aromatic heterocycles. The van der Waals surface area contributed by atoms with Gasteiger partial charge in [0.05, 0.1) is 6.54 Å². The van der Waals surface area contributed by atoms with Crippen molar-refractivity contribution in [2.75, 3.05) is 13.2 Å². The second kappa shape index (κ2) is 5.66. The summed E-state index contributed by atoms with van der Waals surface area (Å²) in [5.41, 5.74) is 0. The summed E-state index contributed by atoms with van der Waals surface area (Å²) in [5.74, 6) is 0.934. The zero-order valence-electron chi connectivity index (χ0n) is 7.90. The highest BCUT2D eigenvalue weighted by atomic mass is 16.2. The van der Waals surface area contributed by atoms with Gasteiger partial charge < -0.3 is 15.0 Å². The molecule has 5 heteroatoms. The van der Waals surface area contributed by atoms with Crippen molar-refractivity contribution in [1.82, 2.24) is 20.1 Å². The number of aromatic nitrogens is 3. The van der Waals surface area contributed by atoms with Crippen molar-refractivity contribution in [3.05, 3.63) is 12.2 Å². The van der Waals surface area contributed by atoms with Crippen LogP contribution < -0.4 is 5.32 Å². The maximum absolute atomic E-state index is 8.54. The molecule has 1 heterocycles. The highest BCUT2D eigenvalue weighted by molar-refractivity contribution is 4.82. The van der Waals surface area contributed by atoms with Crippen LogP contribution in [0, 0.1) is 0 Å². The largest absolute Gasteiger partial charge is 0.396 e. The molecule has 0 unspecified atom stereocenters. The minimum atomic E-state index is 0.269. The van der Waals surface area contributed by atoms with Gasteiger partial charge in [-0.1, -0.05) is 0 Å². The molecule has 1 rings (SSSR count). The van der Waals surface area contributed by atoms with Crippen LogP contribution in [0.4, 0.5) is 0 Å². The van der Waals surface area contributed by atoms with Crippen molar-refractivity contribution in [3.63, 3.8) is 0 Å². The third kappa shape index (κ3) is 3.52. The molecule has 0 radical (unpaired) electrons. The van der Waals surface area contributed by atoms with E-state index in [9.17, 15) is 0 Å². The molecule has 0 aromatic carbocycles. The number of unbranched alkanes of at least 4 members (excludes halogenated alkanes) is 1. The summed E-state index contributed by atoms with van der Waals surface area (Å²) in [6.45, 7) is 1.92. The van der Waals surface area contributed by atoms with E-state index in [1.54, 1.807) is 6.33 Å².